The number of hydrazine groups is 1. The molecule has 2 atom stereocenters. The van der Waals surface area contributed by atoms with Crippen molar-refractivity contribution in [2.45, 2.75) is 43.4 Å². The molecule has 1 heterocycles. The molecule has 1 aliphatic heterocycles. The van der Waals surface area contributed by atoms with E-state index in [2.05, 4.69) is 10.9 Å². The lowest BCUT2D eigenvalue weighted by molar-refractivity contribution is -0.143. The van der Waals surface area contributed by atoms with Gasteiger partial charge in [0.2, 0.25) is 5.90 Å². The molecule has 1 amide bonds. The van der Waals surface area contributed by atoms with Crippen LogP contribution in [-0.4, -0.2) is 35.7 Å². The summed E-state index contributed by atoms with van der Waals surface area (Å²) in [5.74, 6) is -0.0783. The highest BCUT2D eigenvalue weighted by Crippen LogP contribution is 2.43. The number of aliphatic hydroxyl groups excluding tert-OH is 1. The lowest BCUT2D eigenvalue weighted by Crippen LogP contribution is -2.52. The third-order valence-corrected chi connectivity index (χ3v) is 9.03. The van der Waals surface area contributed by atoms with E-state index in [-0.39, 0.29) is 30.6 Å². The van der Waals surface area contributed by atoms with Crippen molar-refractivity contribution in [3.8, 4) is 16.9 Å². The van der Waals surface area contributed by atoms with E-state index in [1.54, 1.807) is 30.3 Å². The summed E-state index contributed by atoms with van der Waals surface area (Å²) in [6, 6.07) is 34.4. The van der Waals surface area contributed by atoms with Crippen LogP contribution in [0.5, 0.6) is 5.75 Å². The minimum Gasteiger partial charge on any atom is -0.494 e. The van der Waals surface area contributed by atoms with E-state index in [0.717, 1.165) is 16.7 Å². The van der Waals surface area contributed by atoms with E-state index in [0.29, 0.717) is 42.0 Å². The number of nitrogens with zero attached hydrogens (tertiary/aromatic N) is 1. The van der Waals surface area contributed by atoms with E-state index in [1.807, 2.05) is 91.0 Å². The number of hydrogen-bond donors (Lipinski definition) is 3. The Hall–Kier alpha value is -5.92. The summed E-state index contributed by atoms with van der Waals surface area (Å²) in [5, 5.41) is 9.10. The third kappa shape index (κ3) is 9.65. The number of halogens is 6. The van der Waals surface area contributed by atoms with Crippen LogP contribution < -0.4 is 15.6 Å². The molecule has 0 aliphatic carbocycles. The van der Waals surface area contributed by atoms with Gasteiger partial charge in [0, 0.05) is 31.6 Å². The van der Waals surface area contributed by atoms with Crippen LogP contribution in [0, 0.1) is 0 Å². The van der Waals surface area contributed by atoms with Crippen molar-refractivity contribution in [1.82, 2.24) is 10.9 Å². The number of nitrogens with one attached hydrogen (secondary N) is 2. The molecule has 5 aromatic rings. The van der Waals surface area contributed by atoms with Crippen LogP contribution in [0.3, 0.4) is 0 Å². The number of hydrogen-bond acceptors (Lipinski definition) is 6. The van der Waals surface area contributed by atoms with Gasteiger partial charge in [-0.3, -0.25) is 10.2 Å². The highest BCUT2D eigenvalue weighted by molar-refractivity contribution is 6.01. The molecule has 0 saturated carbocycles. The van der Waals surface area contributed by atoms with Gasteiger partial charge in [-0.15, -0.1) is 0 Å². The summed E-state index contributed by atoms with van der Waals surface area (Å²) in [6.45, 7) is -0.292. The fourth-order valence-corrected chi connectivity index (χ4v) is 6.19. The number of benzene rings is 5. The summed E-state index contributed by atoms with van der Waals surface area (Å²) < 4.78 is 93.6. The summed E-state index contributed by atoms with van der Waals surface area (Å²) in [4.78, 5) is 19.4. The molecule has 5 aromatic carbocycles. The highest BCUT2D eigenvalue weighted by Gasteiger charge is 2.52. The van der Waals surface area contributed by atoms with Gasteiger partial charge in [-0.25, -0.2) is 10.4 Å². The Kier molecular flexibility index (Phi) is 12.3. The monoisotopic (exact) mass is 773 g/mol. The van der Waals surface area contributed by atoms with E-state index in [4.69, 9.17) is 19.6 Å². The Bertz CT molecular complexity index is 2110. The second kappa shape index (κ2) is 17.3. The molecule has 7 nitrogen and oxygen atoms in total. The first kappa shape index (κ1) is 39.8. The number of carbonyl (C=O) groups is 1. The number of alkyl halides is 6. The Morgan fingerprint density at radius 1 is 0.786 bits per heavy atom. The number of aliphatic hydroxyl groups is 1. The van der Waals surface area contributed by atoms with Gasteiger partial charge < -0.3 is 14.6 Å². The summed E-state index contributed by atoms with van der Waals surface area (Å²) in [6.07, 6.45) is -7.10. The molecule has 3 N–H and O–H groups in total. The maximum absolute atomic E-state index is 14.5. The molecule has 290 valence electrons. The van der Waals surface area contributed by atoms with Gasteiger partial charge in [-0.05, 0) is 70.3 Å². The molecular weight excluding hydrogens is 736 g/mol. The van der Waals surface area contributed by atoms with E-state index >= 15 is 0 Å². The van der Waals surface area contributed by atoms with Crippen molar-refractivity contribution in [2.24, 2.45) is 4.99 Å². The zero-order chi connectivity index (χ0) is 39.8. The van der Waals surface area contributed by atoms with Crippen LogP contribution >= 0.6 is 0 Å². The van der Waals surface area contributed by atoms with Crippen molar-refractivity contribution < 1.29 is 45.7 Å². The van der Waals surface area contributed by atoms with Crippen molar-refractivity contribution in [1.29, 1.82) is 0 Å². The predicted molar refractivity (Wildman–Crippen MR) is 200 cm³/mol. The lowest BCUT2D eigenvalue weighted by Gasteiger charge is -2.30. The number of rotatable bonds is 14. The second-order valence-electron chi connectivity index (χ2n) is 13.0. The molecule has 0 aromatic heterocycles. The number of amides is 1. The van der Waals surface area contributed by atoms with Gasteiger partial charge in [0.1, 0.15) is 5.75 Å². The topological polar surface area (TPSA) is 92.2 Å². The molecule has 0 radical (unpaired) electrons. The number of ether oxygens (including phenoxy) is 2. The molecule has 0 unspecified atom stereocenters. The van der Waals surface area contributed by atoms with E-state index in [1.165, 1.54) is 0 Å². The van der Waals surface area contributed by atoms with Gasteiger partial charge in [0.05, 0.1) is 17.7 Å². The van der Waals surface area contributed by atoms with Crippen LogP contribution in [0.2, 0.25) is 0 Å². The summed E-state index contributed by atoms with van der Waals surface area (Å²) in [5.41, 5.74) is 3.85. The third-order valence-electron chi connectivity index (χ3n) is 9.03. The smallest absolute Gasteiger partial charge is 0.416 e. The first-order valence-corrected chi connectivity index (χ1v) is 17.6. The standard InChI is InChI=1S/C43H37F6N3O4/c44-42(45,46)35-25-30(26-36(27-35)43(47,48)49)28-50-52-40(54)41(22-7-11-29-9-3-1-4-10-29)38(33-16-14-32(15-17-33)31-12-5-2-6-13-31)56-39(51-41)34-18-20-37(21-19-34)55-24-8-23-53/h1-7,9-21,25-27,38,50,53H,8,22-24,28H2,(H,52,54)/b11-7+/t38-,41-/m0/s1. The van der Waals surface area contributed by atoms with Crippen LogP contribution in [0.1, 0.15) is 52.3 Å². The SMILES string of the molecule is O=C(NNCc1cc(C(F)(F)F)cc(C(F)(F)F)c1)[C@@]1(C/C=C/c2ccccc2)N=C(c2ccc(OCCCO)cc2)O[C@H]1c1ccc(-c2ccccc2)cc1. The zero-order valence-electron chi connectivity index (χ0n) is 29.8. The Labute approximate surface area is 319 Å². The van der Waals surface area contributed by atoms with Crippen molar-refractivity contribution in [3.05, 3.63) is 167 Å². The van der Waals surface area contributed by atoms with Crippen molar-refractivity contribution in [3.63, 3.8) is 0 Å². The quantitative estimate of drug-likeness (QED) is 0.0595. The van der Waals surface area contributed by atoms with E-state index < -0.39 is 47.6 Å². The molecule has 0 spiro atoms. The maximum atomic E-state index is 14.5. The van der Waals surface area contributed by atoms with Gasteiger partial charge >= 0.3 is 12.4 Å². The summed E-state index contributed by atoms with van der Waals surface area (Å²) in [7, 11) is 0. The Morgan fingerprint density at radius 2 is 1.38 bits per heavy atom. The normalized spacial score (nSPS) is 17.1. The number of carbonyl (C=O) groups excluding carboxylic acids is 1. The second-order valence-corrected chi connectivity index (χ2v) is 13.0. The van der Waals surface area contributed by atoms with Crippen LogP contribution in [-0.2, 0) is 28.4 Å². The van der Waals surface area contributed by atoms with Crippen molar-refractivity contribution in [2.75, 3.05) is 13.2 Å². The molecule has 1 aliphatic rings. The first-order valence-electron chi connectivity index (χ1n) is 17.6. The Balaban J connectivity index is 1.36. The lowest BCUT2D eigenvalue weighted by atomic mass is 9.84. The van der Waals surface area contributed by atoms with Crippen LogP contribution in [0.25, 0.3) is 17.2 Å². The van der Waals surface area contributed by atoms with Gasteiger partial charge in [-0.2, -0.15) is 26.3 Å². The molecule has 0 saturated heterocycles. The molecule has 6 rings (SSSR count). The fourth-order valence-electron chi connectivity index (χ4n) is 6.19. The fraction of sp³-hybridized carbons (Fsp3) is 0.209. The minimum atomic E-state index is -5.03. The summed E-state index contributed by atoms with van der Waals surface area (Å²) >= 11 is 0. The molecule has 13 heteroatoms. The van der Waals surface area contributed by atoms with Gasteiger partial charge in [0.25, 0.3) is 5.91 Å². The highest BCUT2D eigenvalue weighted by atomic mass is 19.4. The largest absolute Gasteiger partial charge is 0.494 e. The van der Waals surface area contributed by atoms with Gasteiger partial charge in [-0.1, -0.05) is 97.1 Å². The molecule has 0 fully saturated rings. The van der Waals surface area contributed by atoms with E-state index in [9.17, 15) is 31.1 Å². The predicted octanol–water partition coefficient (Wildman–Crippen LogP) is 9.33. The molecule has 56 heavy (non-hydrogen) atoms. The van der Waals surface area contributed by atoms with Crippen LogP contribution in [0.15, 0.2) is 138 Å². The maximum Gasteiger partial charge on any atom is 0.416 e. The molecular formula is C43H37F6N3O4. The minimum absolute atomic E-state index is 0.0197. The number of aliphatic imine (C=N–C) groups is 1. The first-order chi connectivity index (χ1) is 26.9. The van der Waals surface area contributed by atoms with Crippen molar-refractivity contribution >= 4 is 17.9 Å². The molecule has 0 bridgehead atoms. The average Bonchev–Trinajstić information content (AvgIpc) is 3.59. The zero-order valence-corrected chi connectivity index (χ0v) is 29.8. The Morgan fingerprint density at radius 3 is 1.98 bits per heavy atom. The van der Waals surface area contributed by atoms with Gasteiger partial charge in [0.15, 0.2) is 11.6 Å². The van der Waals surface area contributed by atoms with Crippen LogP contribution in [0.4, 0.5) is 26.3 Å². The average molecular weight is 774 g/mol.